The number of hydrogen-bond acceptors (Lipinski definition) is 12. The number of aryl methyl sites for hydroxylation is 14. The summed E-state index contributed by atoms with van der Waals surface area (Å²) >= 11 is 19.2. The van der Waals surface area contributed by atoms with E-state index in [2.05, 4.69) is 292 Å². The molecule has 0 amide bonds. The van der Waals surface area contributed by atoms with Crippen LogP contribution in [0.2, 0.25) is 29.6 Å². The molecular weight excluding hydrogens is 2370 g/mol. The summed E-state index contributed by atoms with van der Waals surface area (Å²) < 4.78 is 12.3. The third kappa shape index (κ3) is 37.8. The summed E-state index contributed by atoms with van der Waals surface area (Å²) in [6, 6.07) is 29.3. The zero-order valence-corrected chi connectivity index (χ0v) is 115. The fourth-order valence-corrected chi connectivity index (χ4v) is 42.1. The topological polar surface area (TPSA) is 51.6 Å². The third-order valence-electron chi connectivity index (χ3n) is 30.2. The first kappa shape index (κ1) is 127. The van der Waals surface area contributed by atoms with Crippen LogP contribution in [-0.4, -0.2) is 56.7 Å². The fourth-order valence-electron chi connectivity index (χ4n) is 21.3. The van der Waals surface area contributed by atoms with Gasteiger partial charge in [-0.2, -0.15) is 0 Å². The minimum Gasteiger partial charge on any atom is -0.249 e. The molecule has 10 aromatic heterocycles. The van der Waals surface area contributed by atoms with Gasteiger partial charge in [0.1, 0.15) is 0 Å². The van der Waals surface area contributed by atoms with Crippen molar-refractivity contribution in [2.24, 2.45) is 0 Å². The molecule has 0 aliphatic rings. The molecule has 4 aromatic carbocycles. The number of halogens is 2. The largest absolute Gasteiger partial charge is 0.249 e. The standard InChI is InChI=1S/C62H86N2S4.C34H44Br2N2S2.C26H36S2.6CH3.H6P4.2Sn/c1-9-13-17-21-25-29-33-47-48(34-30-26-22-18-14-10-2)52-42-57(68-62(52)61-51(47)41-45(7)65-61)60-44(6)40-56(67-60)50-38-37-49(55-39-43(5)46(8)66-55)58-59(50)64-54(36-32-28-24-20-16-12-4)53(63-58)35-31-27-23-19-15-11-3;1-5-7-9-11-13-15-17-27-28(18-16-14-12-10-8-6-2)38-32-26(30-22-24(4)34(36)40-30)20-19-25(31(32)37-27)29-21-23(3)33(35)39-29;1-3-5-7-9-11-13-15-21-22(16-14-12-10-8-6-4-2)24-18-20-28-26(24)25-23(21)17-19-27-25;;;;;;;1-4(2)3;;/h37-42H,9-36H2,1-8H3;19-22H,5-18H2,1-4H3;17-18H,3-16H2,1-2H3;6*1H3;1-3H2;;. The fraction of sp³-hybridized carbons (Fsp3) is 0.594. The monoisotopic (exact) mass is 2560 g/mol. The van der Waals surface area contributed by atoms with Crippen LogP contribution in [0.15, 0.2) is 80.4 Å². The Morgan fingerprint density at radius 1 is 0.250 bits per heavy atom. The maximum atomic E-state index is 5.78. The van der Waals surface area contributed by atoms with E-state index in [0.717, 1.165) is 47.8 Å². The van der Waals surface area contributed by atoms with Gasteiger partial charge in [0.15, 0.2) is 0 Å². The van der Waals surface area contributed by atoms with Crippen molar-refractivity contribution in [3.8, 4) is 51.5 Å². The minimum atomic E-state index is -2.13. The zero-order chi connectivity index (χ0) is 106. The van der Waals surface area contributed by atoms with Crippen molar-refractivity contribution in [1.82, 2.24) is 19.9 Å². The number of benzene rings is 4. The van der Waals surface area contributed by atoms with E-state index in [1.165, 1.54) is 457 Å². The number of unbranched alkanes of at least 4 members (excludes halogenated alkanes) is 40. The van der Waals surface area contributed by atoms with Crippen molar-refractivity contribution in [2.45, 2.75) is 486 Å². The predicted molar refractivity (Wildman–Crippen MR) is 708 cm³/mol. The van der Waals surface area contributed by atoms with Crippen molar-refractivity contribution >= 4 is 261 Å². The van der Waals surface area contributed by atoms with Crippen molar-refractivity contribution in [1.29, 1.82) is 0 Å². The molecule has 3 atom stereocenters. The number of nitrogens with zero attached hydrogens (tertiary/aromatic N) is 4. The zero-order valence-electron chi connectivity index (χ0n) is 95.5. The Hall–Kier alpha value is -1.52. The van der Waals surface area contributed by atoms with E-state index < -0.39 is 36.8 Å². The third-order valence-corrected chi connectivity index (χ3v) is 60.8. The minimum absolute atomic E-state index is 0.130. The molecule has 0 aliphatic heterocycles. The number of thiophene rings is 8. The maximum absolute atomic E-state index is 5.78. The van der Waals surface area contributed by atoms with Crippen LogP contribution in [0.25, 0.3) is 114 Å². The van der Waals surface area contributed by atoms with E-state index >= 15 is 0 Å². The van der Waals surface area contributed by atoms with Crippen molar-refractivity contribution in [2.75, 3.05) is 0 Å². The number of hydrogen-bond donors (Lipinski definition) is 0. The van der Waals surface area contributed by atoms with Crippen LogP contribution in [-0.2, 0) is 51.4 Å². The van der Waals surface area contributed by atoms with Crippen LogP contribution in [0, 0.1) is 41.5 Å². The summed E-state index contributed by atoms with van der Waals surface area (Å²) in [7, 11) is 7.94. The molecule has 10 heterocycles. The van der Waals surface area contributed by atoms with Gasteiger partial charge in [-0.15, -0.1) is 94.8 Å². The van der Waals surface area contributed by atoms with Gasteiger partial charge in [-0.1, -0.05) is 258 Å². The molecule has 0 spiro atoms. The van der Waals surface area contributed by atoms with Gasteiger partial charge in [0.2, 0.25) is 0 Å². The normalized spacial score (nSPS) is 12.0. The van der Waals surface area contributed by atoms with Crippen LogP contribution in [0.3, 0.4) is 0 Å². The molecule has 812 valence electrons. The first-order valence-electron chi connectivity index (χ1n) is 58.9. The second kappa shape index (κ2) is 66.6. The van der Waals surface area contributed by atoms with Gasteiger partial charge in [-0.25, -0.2) is 19.9 Å². The summed E-state index contributed by atoms with van der Waals surface area (Å²) in [5.41, 5.74) is 26.3. The predicted octanol–water partition coefficient (Wildman–Crippen LogP) is 47.9. The van der Waals surface area contributed by atoms with Crippen LogP contribution >= 0.6 is 156 Å². The van der Waals surface area contributed by atoms with Crippen molar-refractivity contribution in [3.63, 3.8) is 0 Å². The first-order chi connectivity index (χ1) is 71.5. The Bertz CT molecular complexity index is 6110. The van der Waals surface area contributed by atoms with Gasteiger partial charge >= 0.3 is 242 Å². The van der Waals surface area contributed by atoms with Gasteiger partial charge in [0.25, 0.3) is 0 Å². The molecule has 0 aliphatic carbocycles. The average molecular weight is 2560 g/mol. The van der Waals surface area contributed by atoms with Crippen LogP contribution in [0.1, 0.15) is 441 Å². The van der Waals surface area contributed by atoms with Crippen LogP contribution in [0.5, 0.6) is 0 Å². The summed E-state index contributed by atoms with van der Waals surface area (Å²) in [4.78, 5) is 49.0. The summed E-state index contributed by atoms with van der Waals surface area (Å²) in [6.07, 6.45) is 73.1. The summed E-state index contributed by atoms with van der Waals surface area (Å²) in [5.74, 6) is 0. The van der Waals surface area contributed by atoms with Gasteiger partial charge in [0, 0.05) is 61.3 Å². The van der Waals surface area contributed by atoms with E-state index in [1.807, 2.05) is 34.0 Å². The molecule has 4 nitrogen and oxygen atoms in total. The van der Waals surface area contributed by atoms with Gasteiger partial charge in [0.05, 0.1) is 61.8 Å². The maximum Gasteiger partial charge on any atom is 0.0983 e. The second-order valence-electron chi connectivity index (χ2n) is 45.2. The van der Waals surface area contributed by atoms with Crippen LogP contribution < -0.4 is 5.79 Å². The van der Waals surface area contributed by atoms with Crippen molar-refractivity contribution < 1.29 is 0 Å². The Kier molecular flexibility index (Phi) is 57.0. The average Bonchev–Trinajstić information content (AvgIpc) is 1.57. The molecule has 0 radical (unpaired) electrons. The molecule has 14 rings (SSSR count). The molecule has 0 saturated heterocycles. The SMILES string of the molecule is CCCCCCCCc1c(CCCCCCCC)c2c[c]([Sn]([CH3])([CH3])[CH3])sc2c2s[c]([Sn]([CH3])([CH3])[CH3])cc12.CCCCCCCCc1nc2c(-c3cc(C)c(Br)s3)ccc(-c3cc(C)c(Br)s3)c2nc1CCCCCCCC.CCCCCCCCc1nc2c(-c3cc(C)c(C)s3)ccc(-c3cc(C)c(-c4cc5c(CCCCCCCC)c(CCCCCCCC)c6cc(C)sc6c5s4)s3)c2nc1CCCCCCCC.PP(P)P. The van der Waals surface area contributed by atoms with E-state index in [4.69, 9.17) is 19.9 Å². The Morgan fingerprint density at radius 2 is 0.486 bits per heavy atom. The Labute approximate surface area is 965 Å². The number of aromatic nitrogens is 4. The smallest absolute Gasteiger partial charge is 0.0983 e. The summed E-state index contributed by atoms with van der Waals surface area (Å²) in [6.45, 7) is 32.2. The van der Waals surface area contributed by atoms with Crippen molar-refractivity contribution in [3.05, 3.63) is 157 Å². The van der Waals surface area contributed by atoms with E-state index in [9.17, 15) is 0 Å². The van der Waals surface area contributed by atoms with Crippen LogP contribution in [0.4, 0.5) is 0 Å². The van der Waals surface area contributed by atoms with Gasteiger partial charge in [-0.05, 0) is 238 Å². The van der Waals surface area contributed by atoms with E-state index in [0.29, 0.717) is 0 Å². The number of rotatable bonds is 63. The summed E-state index contributed by atoms with van der Waals surface area (Å²) in [5, 5.41) is 6.44. The Balaban J connectivity index is 0.000000222. The van der Waals surface area contributed by atoms with E-state index in [1.54, 1.807) is 81.7 Å². The quantitative estimate of drug-likeness (QED) is 0.0217. The molecule has 0 fully saturated rings. The molecule has 20 heteroatoms. The molecule has 0 N–H and O–H groups in total. The van der Waals surface area contributed by atoms with Gasteiger partial charge < -0.3 is 0 Å². The molecular formula is C128H190Br2N4P4S8Sn2. The van der Waals surface area contributed by atoms with Gasteiger partial charge in [-0.3, -0.25) is 0 Å². The molecule has 3 unspecified atom stereocenters. The molecule has 0 bridgehead atoms. The molecule has 0 saturated carbocycles. The Morgan fingerprint density at radius 3 is 0.757 bits per heavy atom. The molecule has 14 aromatic rings. The molecule has 148 heavy (non-hydrogen) atoms. The number of fused-ring (bicyclic) bond motifs is 8. The van der Waals surface area contributed by atoms with E-state index in [-0.39, 0.29) is 6.99 Å². The first-order valence-corrected chi connectivity index (χ1v) is 93.2. The second-order valence-corrected chi connectivity index (χ2v) is 99.1.